The van der Waals surface area contributed by atoms with E-state index >= 15 is 0 Å². The molecular formula is C20H23F2N3O. The van der Waals surface area contributed by atoms with Crippen LogP contribution in [0.4, 0.5) is 20.2 Å². The number of rotatable bonds is 6. The lowest BCUT2D eigenvalue weighted by Gasteiger charge is -2.23. The number of nitrogens with one attached hydrogen (secondary N) is 1. The standard InChI is InChI=1S/C20H23F2N3O/c1-13-10-14(2-4-17(13)21)11-15-6-7-25(8-9-26)20(15)24-19-12-16(23)3-5-18(19)22/h2-5,10,12,24,26H,6-9,11,23H2,1H3. The van der Waals surface area contributed by atoms with Gasteiger partial charge in [-0.15, -0.1) is 0 Å². The van der Waals surface area contributed by atoms with Crippen molar-refractivity contribution >= 4 is 11.4 Å². The second-order valence-corrected chi connectivity index (χ2v) is 6.54. The summed E-state index contributed by atoms with van der Waals surface area (Å²) in [5, 5.41) is 12.5. The summed E-state index contributed by atoms with van der Waals surface area (Å²) >= 11 is 0. The van der Waals surface area contributed by atoms with Crippen LogP contribution in [-0.2, 0) is 6.42 Å². The fraction of sp³-hybridized carbons (Fsp3) is 0.300. The van der Waals surface area contributed by atoms with Crippen LogP contribution in [0, 0.1) is 18.6 Å². The Balaban J connectivity index is 1.91. The molecule has 0 aromatic heterocycles. The number of benzene rings is 2. The van der Waals surface area contributed by atoms with E-state index < -0.39 is 0 Å². The molecule has 0 fully saturated rings. The lowest BCUT2D eigenvalue weighted by Crippen LogP contribution is -2.27. The van der Waals surface area contributed by atoms with Crippen LogP contribution in [0.1, 0.15) is 17.5 Å². The van der Waals surface area contributed by atoms with Crippen molar-refractivity contribution in [2.75, 3.05) is 30.7 Å². The molecule has 0 bridgehead atoms. The van der Waals surface area contributed by atoms with Crippen LogP contribution >= 0.6 is 0 Å². The Hall–Kier alpha value is -2.60. The number of nitrogen functional groups attached to an aromatic ring is 1. The van der Waals surface area contributed by atoms with E-state index in [2.05, 4.69) is 5.32 Å². The molecule has 4 N–H and O–H groups in total. The summed E-state index contributed by atoms with van der Waals surface area (Å²) in [6.07, 6.45) is 1.43. The first-order valence-corrected chi connectivity index (χ1v) is 8.63. The number of nitrogens with two attached hydrogens (primary N) is 1. The number of hydrogen-bond donors (Lipinski definition) is 3. The molecule has 0 saturated heterocycles. The van der Waals surface area contributed by atoms with Crippen LogP contribution < -0.4 is 11.1 Å². The van der Waals surface area contributed by atoms with Crippen LogP contribution in [0.2, 0.25) is 0 Å². The molecule has 0 radical (unpaired) electrons. The van der Waals surface area contributed by atoms with Gasteiger partial charge >= 0.3 is 0 Å². The average molecular weight is 359 g/mol. The normalized spacial score (nSPS) is 14.2. The van der Waals surface area contributed by atoms with E-state index in [1.807, 2.05) is 11.0 Å². The van der Waals surface area contributed by atoms with Crippen molar-refractivity contribution in [1.82, 2.24) is 4.90 Å². The second kappa shape index (κ2) is 7.74. The Morgan fingerprint density at radius 3 is 2.65 bits per heavy atom. The molecule has 6 heteroatoms. The number of nitrogens with zero attached hydrogens (tertiary/aromatic N) is 1. The molecule has 2 aromatic carbocycles. The smallest absolute Gasteiger partial charge is 0.146 e. The number of anilines is 2. The Bertz CT molecular complexity index is 836. The van der Waals surface area contributed by atoms with Gasteiger partial charge in [-0.1, -0.05) is 12.1 Å². The van der Waals surface area contributed by atoms with Crippen molar-refractivity contribution in [3.05, 3.63) is 70.6 Å². The van der Waals surface area contributed by atoms with Gasteiger partial charge in [-0.25, -0.2) is 8.78 Å². The van der Waals surface area contributed by atoms with Gasteiger partial charge in [-0.2, -0.15) is 0 Å². The van der Waals surface area contributed by atoms with Crippen molar-refractivity contribution < 1.29 is 13.9 Å². The quantitative estimate of drug-likeness (QED) is 0.692. The van der Waals surface area contributed by atoms with Crippen LogP contribution in [0.3, 0.4) is 0 Å². The predicted molar refractivity (Wildman–Crippen MR) is 99.6 cm³/mol. The second-order valence-electron chi connectivity index (χ2n) is 6.54. The van der Waals surface area contributed by atoms with Gasteiger partial charge in [-0.05, 0) is 60.7 Å². The number of halogens is 2. The molecule has 138 valence electrons. The Labute approximate surface area is 151 Å². The molecule has 0 unspecified atom stereocenters. The van der Waals surface area contributed by atoms with Gasteiger partial charge in [0, 0.05) is 18.8 Å². The zero-order valence-electron chi connectivity index (χ0n) is 14.7. The highest BCUT2D eigenvalue weighted by Crippen LogP contribution is 2.29. The number of aliphatic hydroxyl groups is 1. The van der Waals surface area contributed by atoms with Gasteiger partial charge in [-0.3, -0.25) is 0 Å². The number of β-amino-alcohol motifs (C(OH)–C–C–N with tert-alkyl or cyclic N) is 1. The first-order chi connectivity index (χ1) is 12.5. The Morgan fingerprint density at radius 2 is 1.92 bits per heavy atom. The van der Waals surface area contributed by atoms with Crippen molar-refractivity contribution in [2.45, 2.75) is 19.8 Å². The van der Waals surface area contributed by atoms with Crippen LogP contribution in [-0.4, -0.2) is 29.7 Å². The third-order valence-electron chi connectivity index (χ3n) is 4.59. The van der Waals surface area contributed by atoms with Gasteiger partial charge in [0.15, 0.2) is 0 Å². The molecule has 1 aliphatic rings. The Morgan fingerprint density at radius 1 is 1.15 bits per heavy atom. The van der Waals surface area contributed by atoms with Crippen molar-refractivity contribution in [3.63, 3.8) is 0 Å². The van der Waals surface area contributed by atoms with Crippen molar-refractivity contribution in [3.8, 4) is 0 Å². The minimum atomic E-state index is -0.389. The van der Waals surface area contributed by atoms with E-state index in [4.69, 9.17) is 5.73 Å². The molecule has 2 aromatic rings. The predicted octanol–water partition coefficient (Wildman–Crippen LogP) is 3.42. The molecule has 4 nitrogen and oxygen atoms in total. The minimum Gasteiger partial charge on any atom is -0.399 e. The fourth-order valence-corrected chi connectivity index (χ4v) is 3.24. The maximum absolute atomic E-state index is 14.1. The van der Waals surface area contributed by atoms with E-state index in [1.165, 1.54) is 18.2 Å². The SMILES string of the molecule is Cc1cc(CC2=C(Nc3cc(N)ccc3F)N(CCO)CC2)ccc1F. The molecule has 0 amide bonds. The van der Waals surface area contributed by atoms with Crippen molar-refractivity contribution in [1.29, 1.82) is 0 Å². The lowest BCUT2D eigenvalue weighted by atomic mass is 10.0. The average Bonchev–Trinajstić information content (AvgIpc) is 2.97. The van der Waals surface area contributed by atoms with Crippen molar-refractivity contribution in [2.24, 2.45) is 0 Å². The molecular weight excluding hydrogens is 336 g/mol. The molecule has 26 heavy (non-hydrogen) atoms. The highest BCUT2D eigenvalue weighted by atomic mass is 19.1. The molecule has 0 aliphatic carbocycles. The van der Waals surface area contributed by atoms with E-state index in [0.717, 1.165) is 29.9 Å². The number of aryl methyl sites for hydroxylation is 1. The van der Waals surface area contributed by atoms with Gasteiger partial charge in [0.2, 0.25) is 0 Å². The third kappa shape index (κ3) is 3.96. The lowest BCUT2D eigenvalue weighted by molar-refractivity contribution is 0.236. The maximum Gasteiger partial charge on any atom is 0.146 e. The Kier molecular flexibility index (Phi) is 5.42. The van der Waals surface area contributed by atoms with E-state index in [9.17, 15) is 13.9 Å². The van der Waals surface area contributed by atoms with Crippen LogP contribution in [0.25, 0.3) is 0 Å². The monoisotopic (exact) mass is 359 g/mol. The zero-order chi connectivity index (χ0) is 18.7. The van der Waals surface area contributed by atoms with Gasteiger partial charge < -0.3 is 21.1 Å². The molecule has 1 aliphatic heterocycles. The zero-order valence-corrected chi connectivity index (χ0v) is 14.7. The summed E-state index contributed by atoms with van der Waals surface area (Å²) in [7, 11) is 0. The highest BCUT2D eigenvalue weighted by Gasteiger charge is 2.23. The summed E-state index contributed by atoms with van der Waals surface area (Å²) in [5.74, 6) is 0.168. The summed E-state index contributed by atoms with van der Waals surface area (Å²) in [4.78, 5) is 1.99. The number of aliphatic hydroxyl groups excluding tert-OH is 1. The molecule has 0 saturated carbocycles. The minimum absolute atomic E-state index is 0.00747. The fourth-order valence-electron chi connectivity index (χ4n) is 3.24. The topological polar surface area (TPSA) is 61.5 Å². The largest absolute Gasteiger partial charge is 0.399 e. The van der Waals surface area contributed by atoms with Crippen LogP contribution in [0.15, 0.2) is 47.8 Å². The van der Waals surface area contributed by atoms with E-state index in [-0.39, 0.29) is 18.2 Å². The van der Waals surface area contributed by atoms with Gasteiger partial charge in [0.1, 0.15) is 17.5 Å². The highest BCUT2D eigenvalue weighted by molar-refractivity contribution is 5.58. The van der Waals surface area contributed by atoms with Gasteiger partial charge in [0.25, 0.3) is 0 Å². The molecule has 0 spiro atoms. The molecule has 1 heterocycles. The number of hydrogen-bond acceptors (Lipinski definition) is 4. The summed E-state index contributed by atoms with van der Waals surface area (Å²) < 4.78 is 27.6. The van der Waals surface area contributed by atoms with E-state index in [1.54, 1.807) is 19.1 Å². The summed E-state index contributed by atoms with van der Waals surface area (Å²) in [6.45, 7) is 2.94. The summed E-state index contributed by atoms with van der Waals surface area (Å²) in [6, 6.07) is 9.45. The third-order valence-corrected chi connectivity index (χ3v) is 4.59. The first kappa shape index (κ1) is 18.2. The van der Waals surface area contributed by atoms with Crippen LogP contribution in [0.5, 0.6) is 0 Å². The van der Waals surface area contributed by atoms with Gasteiger partial charge in [0.05, 0.1) is 12.3 Å². The molecule has 3 rings (SSSR count). The first-order valence-electron chi connectivity index (χ1n) is 8.63. The molecule has 0 atom stereocenters. The maximum atomic E-state index is 14.1. The van der Waals surface area contributed by atoms with E-state index in [0.29, 0.717) is 29.9 Å². The summed E-state index contributed by atoms with van der Waals surface area (Å²) in [5.41, 5.74) is 9.23.